The maximum absolute atomic E-state index is 11.7. The SMILES string of the molecule is CC(C)OC(=O)NS(=O)(=O)N(C)Cc1cn[nH]c1. The molecule has 1 rings (SSSR count). The molecule has 9 heteroatoms. The van der Waals surface area contributed by atoms with E-state index in [1.165, 1.54) is 13.2 Å². The van der Waals surface area contributed by atoms with Gasteiger partial charge in [-0.3, -0.25) is 5.10 Å². The minimum absolute atomic E-state index is 0.0980. The van der Waals surface area contributed by atoms with Gasteiger partial charge in [-0.05, 0) is 13.8 Å². The highest BCUT2D eigenvalue weighted by Gasteiger charge is 2.22. The summed E-state index contributed by atoms with van der Waals surface area (Å²) in [5, 5.41) is 6.27. The Bertz CT molecular complexity index is 483. The summed E-state index contributed by atoms with van der Waals surface area (Å²) in [4.78, 5) is 11.2. The highest BCUT2D eigenvalue weighted by Crippen LogP contribution is 2.04. The van der Waals surface area contributed by atoms with Crippen molar-refractivity contribution in [2.24, 2.45) is 0 Å². The van der Waals surface area contributed by atoms with Gasteiger partial charge in [-0.15, -0.1) is 0 Å². The van der Waals surface area contributed by atoms with Crippen LogP contribution in [0.1, 0.15) is 19.4 Å². The fourth-order valence-corrected chi connectivity index (χ4v) is 1.86. The minimum atomic E-state index is -3.91. The van der Waals surface area contributed by atoms with Gasteiger partial charge in [0.05, 0.1) is 12.3 Å². The molecule has 0 radical (unpaired) electrons. The second kappa shape index (κ2) is 5.83. The van der Waals surface area contributed by atoms with E-state index in [1.807, 2.05) is 0 Å². The maximum Gasteiger partial charge on any atom is 0.422 e. The first-order valence-electron chi connectivity index (χ1n) is 5.23. The van der Waals surface area contributed by atoms with Crippen LogP contribution in [-0.4, -0.2) is 42.2 Å². The molecule has 0 unspecified atom stereocenters. The molecule has 0 fully saturated rings. The van der Waals surface area contributed by atoms with E-state index in [-0.39, 0.29) is 12.6 Å². The molecule has 1 aromatic heterocycles. The van der Waals surface area contributed by atoms with E-state index < -0.39 is 16.3 Å². The third-order valence-electron chi connectivity index (χ3n) is 1.93. The number of nitrogens with zero attached hydrogens (tertiary/aromatic N) is 2. The van der Waals surface area contributed by atoms with E-state index in [1.54, 1.807) is 24.8 Å². The molecule has 1 amide bonds. The second-order valence-electron chi connectivity index (χ2n) is 3.92. The van der Waals surface area contributed by atoms with E-state index in [0.29, 0.717) is 5.56 Å². The van der Waals surface area contributed by atoms with Gasteiger partial charge in [0.15, 0.2) is 0 Å². The van der Waals surface area contributed by atoms with Crippen molar-refractivity contribution in [1.29, 1.82) is 0 Å². The maximum atomic E-state index is 11.7. The summed E-state index contributed by atoms with van der Waals surface area (Å²) in [5.41, 5.74) is 0.681. The lowest BCUT2D eigenvalue weighted by Gasteiger charge is -2.17. The number of nitrogens with one attached hydrogen (secondary N) is 2. The molecule has 0 atom stereocenters. The van der Waals surface area contributed by atoms with E-state index in [0.717, 1.165) is 4.31 Å². The first-order valence-corrected chi connectivity index (χ1v) is 6.67. The number of carbonyl (C=O) groups excluding carboxylic acids is 1. The van der Waals surface area contributed by atoms with E-state index in [9.17, 15) is 13.2 Å². The van der Waals surface area contributed by atoms with Gasteiger partial charge in [-0.2, -0.15) is 17.8 Å². The molecule has 0 bridgehead atoms. The standard InChI is InChI=1S/C9H16N4O4S/c1-7(2)17-9(14)12-18(15,16)13(3)6-8-4-10-11-5-8/h4-5,7H,6H2,1-3H3,(H,10,11)(H,12,14). The van der Waals surface area contributed by atoms with Gasteiger partial charge in [-0.1, -0.05) is 0 Å². The Morgan fingerprint density at radius 2 is 2.28 bits per heavy atom. The molecule has 0 spiro atoms. The molecule has 0 aliphatic heterocycles. The number of carbonyl (C=O) groups is 1. The normalized spacial score (nSPS) is 11.8. The average Bonchev–Trinajstić information content (AvgIpc) is 2.67. The number of hydrogen-bond acceptors (Lipinski definition) is 5. The van der Waals surface area contributed by atoms with Gasteiger partial charge >= 0.3 is 16.3 Å². The topological polar surface area (TPSA) is 104 Å². The zero-order valence-electron chi connectivity index (χ0n) is 10.4. The zero-order chi connectivity index (χ0) is 13.8. The van der Waals surface area contributed by atoms with Crippen molar-refractivity contribution < 1.29 is 17.9 Å². The fraction of sp³-hybridized carbons (Fsp3) is 0.556. The molecule has 0 saturated heterocycles. The number of H-pyrrole nitrogens is 1. The van der Waals surface area contributed by atoms with E-state index in [4.69, 9.17) is 4.74 Å². The van der Waals surface area contributed by atoms with Crippen LogP contribution in [0.4, 0.5) is 4.79 Å². The largest absolute Gasteiger partial charge is 0.446 e. The Kier molecular flexibility index (Phi) is 4.68. The monoisotopic (exact) mass is 276 g/mol. The van der Waals surface area contributed by atoms with Crippen LogP contribution < -0.4 is 4.72 Å². The Labute approximate surface area is 105 Å². The number of ether oxygens (including phenoxy) is 1. The predicted molar refractivity (Wildman–Crippen MR) is 63.7 cm³/mol. The Morgan fingerprint density at radius 1 is 1.61 bits per heavy atom. The van der Waals surface area contributed by atoms with Crippen LogP contribution in [0.25, 0.3) is 0 Å². The van der Waals surface area contributed by atoms with Crippen LogP contribution in [0.5, 0.6) is 0 Å². The summed E-state index contributed by atoms with van der Waals surface area (Å²) >= 11 is 0. The van der Waals surface area contributed by atoms with Crippen molar-refractivity contribution in [2.75, 3.05) is 7.05 Å². The lowest BCUT2D eigenvalue weighted by Crippen LogP contribution is -2.41. The van der Waals surface area contributed by atoms with Crippen LogP contribution in [-0.2, 0) is 21.5 Å². The molecular formula is C9H16N4O4S. The Morgan fingerprint density at radius 3 is 2.78 bits per heavy atom. The van der Waals surface area contributed by atoms with Gasteiger partial charge < -0.3 is 4.74 Å². The van der Waals surface area contributed by atoms with Crippen molar-refractivity contribution in [1.82, 2.24) is 19.2 Å². The van der Waals surface area contributed by atoms with Gasteiger partial charge in [0.25, 0.3) is 0 Å². The quantitative estimate of drug-likeness (QED) is 0.800. The summed E-state index contributed by atoms with van der Waals surface area (Å²) in [6.45, 7) is 3.35. The predicted octanol–water partition coefficient (Wildman–Crippen LogP) is 0.221. The Hall–Kier alpha value is -1.61. The highest BCUT2D eigenvalue weighted by molar-refractivity contribution is 7.87. The van der Waals surface area contributed by atoms with Crippen LogP contribution in [0, 0.1) is 0 Å². The van der Waals surface area contributed by atoms with Gasteiger partial charge in [0, 0.05) is 25.4 Å². The number of amides is 1. The van der Waals surface area contributed by atoms with Crippen LogP contribution >= 0.6 is 0 Å². The molecule has 0 aliphatic rings. The third-order valence-corrected chi connectivity index (χ3v) is 3.30. The van der Waals surface area contributed by atoms with Crippen molar-refractivity contribution in [3.05, 3.63) is 18.0 Å². The summed E-state index contributed by atoms with van der Waals surface area (Å²) < 4.78 is 31.0. The third kappa shape index (κ3) is 4.34. The molecule has 102 valence electrons. The molecule has 0 aliphatic carbocycles. The van der Waals surface area contributed by atoms with Gasteiger partial charge in [0.2, 0.25) is 0 Å². The number of aromatic nitrogens is 2. The molecule has 8 nitrogen and oxygen atoms in total. The molecule has 0 aromatic carbocycles. The molecule has 0 saturated carbocycles. The van der Waals surface area contributed by atoms with Crippen molar-refractivity contribution in [2.45, 2.75) is 26.5 Å². The van der Waals surface area contributed by atoms with Crippen LogP contribution in [0.15, 0.2) is 12.4 Å². The fourth-order valence-electron chi connectivity index (χ4n) is 1.13. The second-order valence-corrected chi connectivity index (χ2v) is 5.70. The lowest BCUT2D eigenvalue weighted by atomic mass is 10.4. The minimum Gasteiger partial charge on any atom is -0.446 e. The molecule has 2 N–H and O–H groups in total. The summed E-state index contributed by atoms with van der Waals surface area (Å²) in [6.07, 6.45) is 1.68. The van der Waals surface area contributed by atoms with E-state index >= 15 is 0 Å². The molecular weight excluding hydrogens is 260 g/mol. The Balaban J connectivity index is 2.60. The number of hydrogen-bond donors (Lipinski definition) is 2. The first kappa shape index (κ1) is 14.5. The number of aromatic amines is 1. The first-order chi connectivity index (χ1) is 8.31. The number of rotatable bonds is 5. The highest BCUT2D eigenvalue weighted by atomic mass is 32.2. The average molecular weight is 276 g/mol. The summed E-state index contributed by atoms with van der Waals surface area (Å²) in [7, 11) is -2.57. The van der Waals surface area contributed by atoms with Crippen molar-refractivity contribution in [3.63, 3.8) is 0 Å². The van der Waals surface area contributed by atoms with E-state index in [2.05, 4.69) is 10.2 Å². The zero-order valence-corrected chi connectivity index (χ0v) is 11.2. The van der Waals surface area contributed by atoms with Crippen molar-refractivity contribution >= 4 is 16.3 Å². The van der Waals surface area contributed by atoms with Crippen LogP contribution in [0.2, 0.25) is 0 Å². The van der Waals surface area contributed by atoms with Gasteiger partial charge in [-0.25, -0.2) is 9.52 Å². The van der Waals surface area contributed by atoms with Crippen molar-refractivity contribution in [3.8, 4) is 0 Å². The molecule has 1 aromatic rings. The summed E-state index contributed by atoms with van der Waals surface area (Å²) in [6, 6.07) is 0. The summed E-state index contributed by atoms with van der Waals surface area (Å²) in [5.74, 6) is 0. The molecule has 1 heterocycles. The van der Waals surface area contributed by atoms with Gasteiger partial charge in [0.1, 0.15) is 0 Å². The smallest absolute Gasteiger partial charge is 0.422 e. The lowest BCUT2D eigenvalue weighted by molar-refractivity contribution is 0.121. The van der Waals surface area contributed by atoms with Crippen LogP contribution in [0.3, 0.4) is 0 Å². The molecule has 18 heavy (non-hydrogen) atoms.